The van der Waals surface area contributed by atoms with E-state index in [0.29, 0.717) is 19.4 Å². The van der Waals surface area contributed by atoms with Crippen molar-refractivity contribution in [2.24, 2.45) is 17.6 Å². The minimum absolute atomic E-state index is 0.119. The largest absolute Gasteiger partial charge is 0.393 e. The van der Waals surface area contributed by atoms with E-state index in [1.807, 2.05) is 6.92 Å². The number of amides is 1. The molecule has 2 N–H and O–H groups in total. The zero-order valence-electron chi connectivity index (χ0n) is 10.7. The topological polar surface area (TPSA) is 46.3 Å². The summed E-state index contributed by atoms with van der Waals surface area (Å²) in [5, 5.41) is 0. The molecule has 0 saturated carbocycles. The first kappa shape index (κ1) is 15.3. The number of nitrogens with zero attached hydrogens (tertiary/aromatic N) is 1. The van der Waals surface area contributed by atoms with Crippen LogP contribution in [0.3, 0.4) is 0 Å². The molecule has 3 nitrogen and oxygen atoms in total. The molecule has 2 atom stereocenters. The van der Waals surface area contributed by atoms with Gasteiger partial charge in [-0.3, -0.25) is 4.79 Å². The molecule has 1 saturated heterocycles. The average Bonchev–Trinajstić information content (AvgIpc) is 2.34. The standard InChI is InChI=1S/C12H21F3N2O/c1-2-4-9(7-16)11(18)17-6-3-5-10(8-17)12(13,14)15/h9-10H,2-8,16H2,1H3. The van der Waals surface area contributed by atoms with Crippen LogP contribution in [0.5, 0.6) is 0 Å². The number of hydrogen-bond acceptors (Lipinski definition) is 2. The number of alkyl halides is 3. The highest BCUT2D eigenvalue weighted by molar-refractivity contribution is 5.79. The van der Waals surface area contributed by atoms with Gasteiger partial charge in [0.2, 0.25) is 5.91 Å². The number of piperidine rings is 1. The molecule has 1 fully saturated rings. The maximum atomic E-state index is 12.6. The van der Waals surface area contributed by atoms with Crippen molar-refractivity contribution in [3.8, 4) is 0 Å². The molecule has 1 heterocycles. The Bertz CT molecular complexity index is 281. The fourth-order valence-electron chi connectivity index (χ4n) is 2.39. The lowest BCUT2D eigenvalue weighted by Gasteiger charge is -2.35. The number of rotatable bonds is 4. The lowest BCUT2D eigenvalue weighted by molar-refractivity contribution is -0.188. The average molecular weight is 266 g/mol. The first-order chi connectivity index (χ1) is 8.40. The Kier molecular flexibility index (Phi) is 5.44. The van der Waals surface area contributed by atoms with Gasteiger partial charge in [-0.25, -0.2) is 0 Å². The molecule has 0 aliphatic carbocycles. The number of carbonyl (C=O) groups excluding carboxylic acids is 1. The van der Waals surface area contributed by atoms with Crippen LogP contribution in [-0.4, -0.2) is 36.6 Å². The van der Waals surface area contributed by atoms with Gasteiger partial charge in [-0.2, -0.15) is 13.2 Å². The Morgan fingerprint density at radius 2 is 2.17 bits per heavy atom. The summed E-state index contributed by atoms with van der Waals surface area (Å²) in [6.45, 7) is 2.36. The molecule has 2 unspecified atom stereocenters. The van der Waals surface area contributed by atoms with Gasteiger partial charge in [0.1, 0.15) is 0 Å². The maximum Gasteiger partial charge on any atom is 0.393 e. The third-order valence-corrected chi connectivity index (χ3v) is 3.47. The smallest absolute Gasteiger partial charge is 0.342 e. The van der Waals surface area contributed by atoms with E-state index in [0.717, 1.165) is 6.42 Å². The molecular formula is C12H21F3N2O. The van der Waals surface area contributed by atoms with Crippen molar-refractivity contribution in [2.75, 3.05) is 19.6 Å². The minimum Gasteiger partial charge on any atom is -0.342 e. The van der Waals surface area contributed by atoms with Crippen LogP contribution in [0, 0.1) is 11.8 Å². The lowest BCUT2D eigenvalue weighted by Crippen LogP contribution is -2.47. The van der Waals surface area contributed by atoms with E-state index >= 15 is 0 Å². The van der Waals surface area contributed by atoms with E-state index < -0.39 is 12.1 Å². The van der Waals surface area contributed by atoms with Crippen molar-refractivity contribution in [2.45, 2.75) is 38.8 Å². The first-order valence-corrected chi connectivity index (χ1v) is 6.45. The van der Waals surface area contributed by atoms with Crippen molar-refractivity contribution in [3.63, 3.8) is 0 Å². The number of halogens is 3. The summed E-state index contributed by atoms with van der Waals surface area (Å²) in [5.74, 6) is -1.93. The van der Waals surface area contributed by atoms with Crippen molar-refractivity contribution in [3.05, 3.63) is 0 Å². The number of carbonyl (C=O) groups is 1. The second-order valence-corrected chi connectivity index (χ2v) is 4.89. The van der Waals surface area contributed by atoms with Gasteiger partial charge in [-0.05, 0) is 19.3 Å². The summed E-state index contributed by atoms with van der Waals surface area (Å²) in [4.78, 5) is 13.4. The van der Waals surface area contributed by atoms with Gasteiger partial charge >= 0.3 is 6.18 Å². The van der Waals surface area contributed by atoms with Crippen molar-refractivity contribution < 1.29 is 18.0 Å². The van der Waals surface area contributed by atoms with Gasteiger partial charge in [-0.15, -0.1) is 0 Å². The first-order valence-electron chi connectivity index (χ1n) is 6.45. The van der Waals surface area contributed by atoms with Gasteiger partial charge in [0.05, 0.1) is 11.8 Å². The molecule has 1 aliphatic rings. The van der Waals surface area contributed by atoms with E-state index in [1.165, 1.54) is 4.90 Å². The van der Waals surface area contributed by atoms with Crippen LogP contribution in [0.2, 0.25) is 0 Å². The molecular weight excluding hydrogens is 245 g/mol. The van der Waals surface area contributed by atoms with Gasteiger partial charge < -0.3 is 10.6 Å². The molecule has 106 valence electrons. The second-order valence-electron chi connectivity index (χ2n) is 4.89. The van der Waals surface area contributed by atoms with Crippen molar-refractivity contribution >= 4 is 5.91 Å². The van der Waals surface area contributed by atoms with Crippen LogP contribution in [0.25, 0.3) is 0 Å². The third kappa shape index (κ3) is 3.86. The van der Waals surface area contributed by atoms with E-state index in [-0.39, 0.29) is 31.3 Å². The minimum atomic E-state index is -4.21. The molecule has 1 rings (SSSR count). The van der Waals surface area contributed by atoms with Crippen LogP contribution in [0.15, 0.2) is 0 Å². The molecule has 0 aromatic carbocycles. The SMILES string of the molecule is CCCC(CN)C(=O)N1CCCC(C(F)(F)F)C1. The van der Waals surface area contributed by atoms with E-state index in [2.05, 4.69) is 0 Å². The van der Waals surface area contributed by atoms with E-state index in [9.17, 15) is 18.0 Å². The predicted molar refractivity (Wildman–Crippen MR) is 62.8 cm³/mol. The summed E-state index contributed by atoms with van der Waals surface area (Å²) in [6.07, 6.45) is -2.22. The lowest BCUT2D eigenvalue weighted by atomic mass is 9.95. The summed E-state index contributed by atoms with van der Waals surface area (Å²) in [6, 6.07) is 0. The number of nitrogens with two attached hydrogens (primary N) is 1. The van der Waals surface area contributed by atoms with Crippen molar-refractivity contribution in [1.82, 2.24) is 4.90 Å². The van der Waals surface area contributed by atoms with Crippen LogP contribution in [0.1, 0.15) is 32.6 Å². The Morgan fingerprint density at radius 3 is 2.67 bits per heavy atom. The zero-order valence-corrected chi connectivity index (χ0v) is 10.7. The van der Waals surface area contributed by atoms with Crippen LogP contribution >= 0.6 is 0 Å². The van der Waals surface area contributed by atoms with Crippen LogP contribution in [0.4, 0.5) is 13.2 Å². The highest BCUT2D eigenvalue weighted by Crippen LogP contribution is 2.33. The molecule has 0 aromatic rings. The fraction of sp³-hybridized carbons (Fsp3) is 0.917. The number of hydrogen-bond donors (Lipinski definition) is 1. The maximum absolute atomic E-state index is 12.6. The second kappa shape index (κ2) is 6.41. The quantitative estimate of drug-likeness (QED) is 0.847. The van der Waals surface area contributed by atoms with Crippen LogP contribution < -0.4 is 5.73 Å². The molecule has 0 aromatic heterocycles. The van der Waals surface area contributed by atoms with Crippen LogP contribution in [-0.2, 0) is 4.79 Å². The van der Waals surface area contributed by atoms with Gasteiger partial charge in [0, 0.05) is 19.6 Å². The van der Waals surface area contributed by atoms with Gasteiger partial charge in [0.15, 0.2) is 0 Å². The highest BCUT2D eigenvalue weighted by atomic mass is 19.4. The summed E-state index contributed by atoms with van der Waals surface area (Å²) in [7, 11) is 0. The number of likely N-dealkylation sites (tertiary alicyclic amines) is 1. The Hall–Kier alpha value is -0.780. The molecule has 0 bridgehead atoms. The normalized spacial score (nSPS) is 22.9. The highest BCUT2D eigenvalue weighted by Gasteiger charge is 2.43. The Morgan fingerprint density at radius 1 is 1.50 bits per heavy atom. The summed E-state index contributed by atoms with van der Waals surface area (Å²) < 4.78 is 37.9. The predicted octanol–water partition coefficient (Wildman–Crippen LogP) is 2.16. The fourth-order valence-corrected chi connectivity index (χ4v) is 2.39. The molecule has 1 aliphatic heterocycles. The zero-order chi connectivity index (χ0) is 13.8. The molecule has 1 amide bonds. The summed E-state index contributed by atoms with van der Waals surface area (Å²) >= 11 is 0. The van der Waals surface area contributed by atoms with E-state index in [4.69, 9.17) is 5.73 Å². The molecule has 18 heavy (non-hydrogen) atoms. The summed E-state index contributed by atoms with van der Waals surface area (Å²) in [5.41, 5.74) is 5.52. The Balaban J connectivity index is 2.63. The van der Waals surface area contributed by atoms with E-state index in [1.54, 1.807) is 0 Å². The molecule has 6 heteroatoms. The molecule has 0 radical (unpaired) electrons. The third-order valence-electron chi connectivity index (χ3n) is 3.47. The monoisotopic (exact) mass is 266 g/mol. The molecule has 0 spiro atoms. The van der Waals surface area contributed by atoms with Gasteiger partial charge in [-0.1, -0.05) is 13.3 Å². The van der Waals surface area contributed by atoms with Gasteiger partial charge in [0.25, 0.3) is 0 Å². The Labute approximate surface area is 106 Å². The van der Waals surface area contributed by atoms with Crippen molar-refractivity contribution in [1.29, 1.82) is 0 Å².